The van der Waals surface area contributed by atoms with Gasteiger partial charge in [-0.25, -0.2) is 4.98 Å². The zero-order valence-electron chi connectivity index (χ0n) is 14.2. The van der Waals surface area contributed by atoms with Crippen LogP contribution in [0.1, 0.15) is 48.4 Å². The summed E-state index contributed by atoms with van der Waals surface area (Å²) in [6.45, 7) is 1.99. The zero-order chi connectivity index (χ0) is 17.6. The number of benzene rings is 2. The Balaban J connectivity index is 1.59. The molecule has 0 radical (unpaired) electrons. The van der Waals surface area contributed by atoms with Crippen LogP contribution in [-0.4, -0.2) is 21.7 Å². The first-order valence-corrected chi connectivity index (χ1v) is 8.49. The SMILES string of the molecule is CCC(NC(=O)CCC(=O)c1ccccc1)c1nc2ccccc2[nH]1. The second kappa shape index (κ2) is 7.75. The number of fused-ring (bicyclic) bond motifs is 1. The van der Waals surface area contributed by atoms with Crippen LogP contribution < -0.4 is 5.32 Å². The highest BCUT2D eigenvalue weighted by Crippen LogP contribution is 2.18. The molecular formula is C20H21N3O2. The van der Waals surface area contributed by atoms with Crippen molar-refractivity contribution in [2.24, 2.45) is 0 Å². The van der Waals surface area contributed by atoms with Crippen molar-refractivity contribution >= 4 is 22.7 Å². The van der Waals surface area contributed by atoms with Crippen molar-refractivity contribution in [3.63, 3.8) is 0 Å². The zero-order valence-corrected chi connectivity index (χ0v) is 14.2. The third-order valence-electron chi connectivity index (χ3n) is 4.16. The summed E-state index contributed by atoms with van der Waals surface area (Å²) >= 11 is 0. The van der Waals surface area contributed by atoms with Gasteiger partial charge >= 0.3 is 0 Å². The molecule has 3 rings (SSSR count). The standard InChI is InChI=1S/C20H21N3O2/c1-2-15(20-22-16-10-6-7-11-17(16)23-20)21-19(25)13-12-18(24)14-8-4-3-5-9-14/h3-11,15H,2,12-13H2,1H3,(H,21,25)(H,22,23). The number of para-hydroxylation sites is 2. The summed E-state index contributed by atoms with van der Waals surface area (Å²) in [4.78, 5) is 32.1. The van der Waals surface area contributed by atoms with Crippen molar-refractivity contribution in [1.29, 1.82) is 0 Å². The summed E-state index contributed by atoms with van der Waals surface area (Å²) in [5.74, 6) is 0.579. The molecule has 3 aromatic rings. The Kier molecular flexibility index (Phi) is 5.23. The molecule has 2 N–H and O–H groups in total. The van der Waals surface area contributed by atoms with E-state index in [1.807, 2.05) is 49.4 Å². The Bertz CT molecular complexity index is 838. The number of carbonyl (C=O) groups excluding carboxylic acids is 2. The average molecular weight is 335 g/mol. The summed E-state index contributed by atoms with van der Waals surface area (Å²) in [7, 11) is 0. The minimum absolute atomic E-state index is 0.0208. The van der Waals surface area contributed by atoms with Crippen LogP contribution in [0, 0.1) is 0 Å². The van der Waals surface area contributed by atoms with Crippen LogP contribution in [0.3, 0.4) is 0 Å². The number of amides is 1. The predicted molar refractivity (Wildman–Crippen MR) is 97.3 cm³/mol. The van der Waals surface area contributed by atoms with E-state index in [1.165, 1.54) is 0 Å². The van der Waals surface area contributed by atoms with Crippen LogP contribution in [0.2, 0.25) is 0 Å². The highest BCUT2D eigenvalue weighted by atomic mass is 16.2. The van der Waals surface area contributed by atoms with E-state index in [4.69, 9.17) is 0 Å². The van der Waals surface area contributed by atoms with Gasteiger partial charge in [0.1, 0.15) is 5.82 Å². The number of aromatic amines is 1. The molecule has 5 nitrogen and oxygen atoms in total. The lowest BCUT2D eigenvalue weighted by molar-refractivity contribution is -0.121. The summed E-state index contributed by atoms with van der Waals surface area (Å²) in [6.07, 6.45) is 1.09. The number of ketones is 1. The molecule has 5 heteroatoms. The van der Waals surface area contributed by atoms with Gasteiger partial charge in [0.25, 0.3) is 0 Å². The van der Waals surface area contributed by atoms with Crippen molar-refractivity contribution in [3.05, 3.63) is 66.0 Å². The van der Waals surface area contributed by atoms with Crippen LogP contribution in [0.5, 0.6) is 0 Å². The lowest BCUT2D eigenvalue weighted by atomic mass is 10.1. The van der Waals surface area contributed by atoms with E-state index >= 15 is 0 Å². The summed E-state index contributed by atoms with van der Waals surface area (Å²) < 4.78 is 0. The molecule has 1 amide bonds. The van der Waals surface area contributed by atoms with Crippen LogP contribution in [0.4, 0.5) is 0 Å². The van der Waals surface area contributed by atoms with E-state index < -0.39 is 0 Å². The molecular weight excluding hydrogens is 314 g/mol. The number of rotatable bonds is 7. The second-order valence-electron chi connectivity index (χ2n) is 5.96. The average Bonchev–Trinajstić information content (AvgIpc) is 3.08. The first-order valence-electron chi connectivity index (χ1n) is 8.49. The van der Waals surface area contributed by atoms with E-state index in [0.29, 0.717) is 5.56 Å². The number of imidazole rings is 1. The Hall–Kier alpha value is -2.95. The van der Waals surface area contributed by atoms with Gasteiger partial charge in [-0.1, -0.05) is 49.4 Å². The number of hydrogen-bond acceptors (Lipinski definition) is 3. The highest BCUT2D eigenvalue weighted by molar-refractivity contribution is 5.97. The maximum atomic E-state index is 12.2. The Morgan fingerprint density at radius 3 is 2.48 bits per heavy atom. The topological polar surface area (TPSA) is 74.8 Å². The van der Waals surface area contributed by atoms with E-state index in [1.54, 1.807) is 12.1 Å². The van der Waals surface area contributed by atoms with Crippen molar-refractivity contribution in [2.75, 3.05) is 0 Å². The fourth-order valence-electron chi connectivity index (χ4n) is 2.76. The maximum Gasteiger partial charge on any atom is 0.221 e. The molecule has 0 aliphatic heterocycles. The molecule has 1 atom stereocenters. The predicted octanol–water partition coefficient (Wildman–Crippen LogP) is 3.79. The van der Waals surface area contributed by atoms with Gasteiger partial charge < -0.3 is 10.3 Å². The second-order valence-corrected chi connectivity index (χ2v) is 5.96. The lowest BCUT2D eigenvalue weighted by Crippen LogP contribution is -2.29. The fourth-order valence-corrected chi connectivity index (χ4v) is 2.76. The molecule has 0 bridgehead atoms. The van der Waals surface area contributed by atoms with Gasteiger partial charge in [-0.3, -0.25) is 9.59 Å². The molecule has 2 aromatic carbocycles. The summed E-state index contributed by atoms with van der Waals surface area (Å²) in [5.41, 5.74) is 2.47. The van der Waals surface area contributed by atoms with Crippen LogP contribution in [-0.2, 0) is 4.79 Å². The molecule has 128 valence electrons. The van der Waals surface area contributed by atoms with Crippen molar-refractivity contribution in [2.45, 2.75) is 32.2 Å². The lowest BCUT2D eigenvalue weighted by Gasteiger charge is -2.14. The number of Topliss-reactive ketones (excluding diaryl/α,β-unsaturated/α-hetero) is 1. The van der Waals surface area contributed by atoms with E-state index in [2.05, 4.69) is 15.3 Å². The summed E-state index contributed by atoms with van der Waals surface area (Å²) in [5, 5.41) is 2.97. The van der Waals surface area contributed by atoms with Gasteiger partial charge in [0.2, 0.25) is 5.91 Å². The molecule has 0 saturated heterocycles. The monoisotopic (exact) mass is 335 g/mol. The molecule has 0 fully saturated rings. The summed E-state index contributed by atoms with van der Waals surface area (Å²) in [6, 6.07) is 16.6. The van der Waals surface area contributed by atoms with Gasteiger partial charge in [-0.2, -0.15) is 0 Å². The normalized spacial score (nSPS) is 12.0. The third-order valence-corrected chi connectivity index (χ3v) is 4.16. The third kappa shape index (κ3) is 4.12. The molecule has 0 aliphatic rings. The molecule has 0 saturated carbocycles. The van der Waals surface area contributed by atoms with Gasteiger partial charge in [0.15, 0.2) is 5.78 Å². The maximum absolute atomic E-state index is 12.2. The quantitative estimate of drug-likeness (QED) is 0.645. The van der Waals surface area contributed by atoms with Gasteiger partial charge in [0.05, 0.1) is 17.1 Å². The van der Waals surface area contributed by atoms with E-state index in [0.717, 1.165) is 23.3 Å². The van der Waals surface area contributed by atoms with Crippen molar-refractivity contribution < 1.29 is 9.59 Å². The molecule has 25 heavy (non-hydrogen) atoms. The number of nitrogens with one attached hydrogen (secondary N) is 2. The molecule has 0 aliphatic carbocycles. The van der Waals surface area contributed by atoms with Crippen LogP contribution >= 0.6 is 0 Å². The smallest absolute Gasteiger partial charge is 0.221 e. The molecule has 0 spiro atoms. The van der Waals surface area contributed by atoms with Crippen LogP contribution in [0.15, 0.2) is 54.6 Å². The Morgan fingerprint density at radius 2 is 1.76 bits per heavy atom. The minimum atomic E-state index is -0.188. The number of nitrogens with zero attached hydrogens (tertiary/aromatic N) is 1. The van der Waals surface area contributed by atoms with E-state index in [9.17, 15) is 9.59 Å². The van der Waals surface area contributed by atoms with Crippen molar-refractivity contribution in [3.8, 4) is 0 Å². The Morgan fingerprint density at radius 1 is 1.04 bits per heavy atom. The molecule has 1 unspecified atom stereocenters. The first kappa shape index (κ1) is 16.9. The van der Waals surface area contributed by atoms with Gasteiger partial charge in [-0.05, 0) is 18.6 Å². The van der Waals surface area contributed by atoms with Gasteiger partial charge in [-0.15, -0.1) is 0 Å². The van der Waals surface area contributed by atoms with Crippen molar-refractivity contribution in [1.82, 2.24) is 15.3 Å². The minimum Gasteiger partial charge on any atom is -0.346 e. The number of aromatic nitrogens is 2. The van der Waals surface area contributed by atoms with Crippen LogP contribution in [0.25, 0.3) is 11.0 Å². The van der Waals surface area contributed by atoms with E-state index in [-0.39, 0.29) is 30.6 Å². The number of H-pyrrole nitrogens is 1. The largest absolute Gasteiger partial charge is 0.346 e. The molecule has 1 heterocycles. The number of carbonyl (C=O) groups is 2. The van der Waals surface area contributed by atoms with Gasteiger partial charge in [0, 0.05) is 18.4 Å². The fraction of sp³-hybridized carbons (Fsp3) is 0.250. The Labute approximate surface area is 146 Å². The first-order chi connectivity index (χ1) is 12.2. The molecule has 1 aromatic heterocycles. The highest BCUT2D eigenvalue weighted by Gasteiger charge is 2.17. The number of hydrogen-bond donors (Lipinski definition) is 2.